The number of ether oxygens (including phenoxy) is 1. The number of carbonyl (C=O) groups is 1. The summed E-state index contributed by atoms with van der Waals surface area (Å²) in [7, 11) is 0. The van der Waals surface area contributed by atoms with E-state index in [-0.39, 0.29) is 17.4 Å². The molecule has 0 aliphatic heterocycles. The van der Waals surface area contributed by atoms with E-state index in [1.807, 2.05) is 36.5 Å². The van der Waals surface area contributed by atoms with Gasteiger partial charge in [0, 0.05) is 41.7 Å². The third-order valence-corrected chi connectivity index (χ3v) is 5.48. The van der Waals surface area contributed by atoms with Gasteiger partial charge in [-0.1, -0.05) is 31.5 Å². The molecule has 170 valence electrons. The molecule has 0 aliphatic rings. The molecule has 33 heavy (non-hydrogen) atoms. The fourth-order valence-electron chi connectivity index (χ4n) is 3.91. The third kappa shape index (κ3) is 4.98. The normalized spacial score (nSPS) is 11.1. The topological polar surface area (TPSA) is 105 Å². The van der Waals surface area contributed by atoms with Crippen molar-refractivity contribution in [3.8, 4) is 17.2 Å². The number of nitrogens with zero attached hydrogens (tertiary/aromatic N) is 2. The first-order valence-electron chi connectivity index (χ1n) is 11.0. The van der Waals surface area contributed by atoms with Crippen molar-refractivity contribution in [2.45, 2.75) is 33.1 Å². The maximum atomic E-state index is 11.1. The van der Waals surface area contributed by atoms with Crippen LogP contribution in [0.2, 0.25) is 0 Å². The molecule has 0 fully saturated rings. The molecule has 0 spiro atoms. The third-order valence-electron chi connectivity index (χ3n) is 5.48. The number of benzene rings is 2. The zero-order chi connectivity index (χ0) is 23.4. The quantitative estimate of drug-likeness (QED) is 0.277. The highest BCUT2D eigenvalue weighted by Gasteiger charge is 2.13. The summed E-state index contributed by atoms with van der Waals surface area (Å²) in [6.07, 6.45) is 4.05. The molecular weight excluding hydrogens is 418 g/mol. The van der Waals surface area contributed by atoms with E-state index >= 15 is 0 Å². The van der Waals surface area contributed by atoms with Crippen molar-refractivity contribution in [2.24, 2.45) is 0 Å². The Morgan fingerprint density at radius 3 is 2.64 bits per heavy atom. The summed E-state index contributed by atoms with van der Waals surface area (Å²) >= 11 is 0. The Labute approximate surface area is 192 Å². The van der Waals surface area contributed by atoms with Crippen LogP contribution in [0.3, 0.4) is 0 Å². The maximum Gasteiger partial charge on any atom is 0.216 e. The standard InChI is InChI=1S/C26H27N3O4/c1-3-5-22-21-14-24(32)23(31)13-20(21)18(15-28-22)12-19-9-8-17-6-4-7-25(26(17)29-19)33-11-10-27-16(2)30/h4,6-9,13-15,31-32H,3,5,10-12H2,1-2H3,(H,27,30). The number of aryl methyl sites for hydroxylation is 1. The number of carbonyl (C=O) groups excluding carboxylic acids is 1. The monoisotopic (exact) mass is 445 g/mol. The van der Waals surface area contributed by atoms with Crippen LogP contribution >= 0.6 is 0 Å². The number of phenolic OH excluding ortho intramolecular Hbond substituents is 2. The fourth-order valence-corrected chi connectivity index (χ4v) is 3.91. The smallest absolute Gasteiger partial charge is 0.216 e. The summed E-state index contributed by atoms with van der Waals surface area (Å²) in [5, 5.41) is 25.5. The molecule has 0 atom stereocenters. The number of aromatic hydroxyl groups is 2. The van der Waals surface area contributed by atoms with Gasteiger partial charge in [0.2, 0.25) is 5.91 Å². The van der Waals surface area contributed by atoms with Crippen molar-refractivity contribution in [1.82, 2.24) is 15.3 Å². The zero-order valence-electron chi connectivity index (χ0n) is 18.8. The molecule has 0 saturated carbocycles. The first-order chi connectivity index (χ1) is 16.0. The lowest BCUT2D eigenvalue weighted by atomic mass is 9.99. The highest BCUT2D eigenvalue weighted by atomic mass is 16.5. The largest absolute Gasteiger partial charge is 0.504 e. The van der Waals surface area contributed by atoms with Crippen LogP contribution in [0.4, 0.5) is 0 Å². The minimum atomic E-state index is -0.154. The van der Waals surface area contributed by atoms with Crippen LogP contribution in [0.1, 0.15) is 37.2 Å². The number of phenols is 2. The molecule has 2 aromatic heterocycles. The van der Waals surface area contributed by atoms with Crippen LogP contribution in [0.15, 0.2) is 48.7 Å². The lowest BCUT2D eigenvalue weighted by molar-refractivity contribution is -0.119. The molecule has 1 amide bonds. The number of nitrogens with one attached hydrogen (secondary N) is 1. The van der Waals surface area contributed by atoms with Crippen LogP contribution in [0.25, 0.3) is 21.7 Å². The van der Waals surface area contributed by atoms with Crippen molar-refractivity contribution in [2.75, 3.05) is 13.2 Å². The van der Waals surface area contributed by atoms with Gasteiger partial charge in [-0.15, -0.1) is 0 Å². The van der Waals surface area contributed by atoms with Crippen molar-refractivity contribution < 1.29 is 19.7 Å². The highest BCUT2D eigenvalue weighted by molar-refractivity contribution is 5.91. The summed E-state index contributed by atoms with van der Waals surface area (Å²) in [6.45, 7) is 4.32. The van der Waals surface area contributed by atoms with E-state index in [4.69, 9.17) is 9.72 Å². The van der Waals surface area contributed by atoms with Gasteiger partial charge in [0.25, 0.3) is 0 Å². The van der Waals surface area contributed by atoms with Gasteiger partial charge < -0.3 is 20.3 Å². The Morgan fingerprint density at radius 2 is 1.88 bits per heavy atom. The van der Waals surface area contributed by atoms with Gasteiger partial charge in [-0.05, 0) is 41.6 Å². The predicted molar refractivity (Wildman–Crippen MR) is 128 cm³/mol. The maximum absolute atomic E-state index is 11.1. The summed E-state index contributed by atoms with van der Waals surface area (Å²) in [4.78, 5) is 20.5. The van der Waals surface area contributed by atoms with E-state index in [2.05, 4.69) is 17.2 Å². The Kier molecular flexibility index (Phi) is 6.58. The molecule has 7 nitrogen and oxygen atoms in total. The van der Waals surface area contributed by atoms with Gasteiger partial charge in [-0.2, -0.15) is 0 Å². The number of hydrogen-bond acceptors (Lipinski definition) is 6. The van der Waals surface area contributed by atoms with Crippen molar-refractivity contribution in [3.63, 3.8) is 0 Å². The SMILES string of the molecule is CCCc1ncc(Cc2ccc3cccc(OCCNC(C)=O)c3n2)c2cc(O)c(O)cc12. The van der Waals surface area contributed by atoms with Gasteiger partial charge >= 0.3 is 0 Å². The van der Waals surface area contributed by atoms with Crippen LogP contribution < -0.4 is 10.1 Å². The van der Waals surface area contributed by atoms with E-state index in [0.29, 0.717) is 25.3 Å². The molecule has 3 N–H and O–H groups in total. The van der Waals surface area contributed by atoms with Gasteiger partial charge in [0.05, 0.1) is 6.54 Å². The van der Waals surface area contributed by atoms with Crippen LogP contribution in [-0.4, -0.2) is 39.2 Å². The van der Waals surface area contributed by atoms with E-state index in [9.17, 15) is 15.0 Å². The minimum absolute atomic E-state index is 0.0953. The first kappa shape index (κ1) is 22.3. The Bertz CT molecular complexity index is 1320. The molecule has 0 unspecified atom stereocenters. The minimum Gasteiger partial charge on any atom is -0.504 e. The van der Waals surface area contributed by atoms with Crippen LogP contribution in [0.5, 0.6) is 17.2 Å². The lowest BCUT2D eigenvalue weighted by Crippen LogP contribution is -2.25. The second-order valence-corrected chi connectivity index (χ2v) is 8.01. The van der Waals surface area contributed by atoms with Gasteiger partial charge in [0.1, 0.15) is 17.9 Å². The molecule has 0 bridgehead atoms. The first-order valence-corrected chi connectivity index (χ1v) is 11.0. The molecule has 0 aliphatic carbocycles. The number of para-hydroxylation sites is 1. The molecule has 4 aromatic rings. The van der Waals surface area contributed by atoms with Crippen LogP contribution in [-0.2, 0) is 17.6 Å². The van der Waals surface area contributed by atoms with E-state index in [1.54, 1.807) is 12.1 Å². The summed E-state index contributed by atoms with van der Waals surface area (Å²) in [5.74, 6) is 0.257. The average molecular weight is 446 g/mol. The van der Waals surface area contributed by atoms with E-state index < -0.39 is 0 Å². The lowest BCUT2D eigenvalue weighted by Gasteiger charge is -2.13. The van der Waals surface area contributed by atoms with Crippen molar-refractivity contribution in [3.05, 3.63) is 65.6 Å². The second kappa shape index (κ2) is 9.73. The van der Waals surface area contributed by atoms with Crippen LogP contribution in [0, 0.1) is 0 Å². The summed E-state index contributed by atoms with van der Waals surface area (Å²) in [5.41, 5.74) is 3.39. The Hall–Kier alpha value is -3.87. The molecule has 4 rings (SSSR count). The number of hydrogen-bond donors (Lipinski definition) is 3. The molecule has 0 radical (unpaired) electrons. The zero-order valence-corrected chi connectivity index (χ0v) is 18.8. The van der Waals surface area contributed by atoms with Gasteiger partial charge in [-0.3, -0.25) is 9.78 Å². The average Bonchev–Trinajstić information content (AvgIpc) is 2.79. The molecule has 2 heterocycles. The number of pyridine rings is 2. The highest BCUT2D eigenvalue weighted by Crippen LogP contribution is 2.34. The fraction of sp³-hybridized carbons (Fsp3) is 0.269. The van der Waals surface area contributed by atoms with Gasteiger partial charge in [-0.25, -0.2) is 4.98 Å². The van der Waals surface area contributed by atoms with E-state index in [1.165, 1.54) is 6.92 Å². The van der Waals surface area contributed by atoms with Crippen molar-refractivity contribution >= 4 is 27.6 Å². The molecule has 7 heteroatoms. The number of fused-ring (bicyclic) bond motifs is 2. The summed E-state index contributed by atoms with van der Waals surface area (Å²) < 4.78 is 5.87. The Morgan fingerprint density at radius 1 is 1.09 bits per heavy atom. The summed E-state index contributed by atoms with van der Waals surface area (Å²) in [6, 6.07) is 12.9. The number of rotatable bonds is 8. The molecular formula is C26H27N3O4. The number of aromatic nitrogens is 2. The predicted octanol–water partition coefficient (Wildman–Crippen LogP) is 4.25. The Balaban J connectivity index is 1.67. The van der Waals surface area contributed by atoms with Crippen molar-refractivity contribution in [1.29, 1.82) is 0 Å². The second-order valence-electron chi connectivity index (χ2n) is 8.01. The number of amides is 1. The molecule has 2 aromatic carbocycles. The molecule has 0 saturated heterocycles. The van der Waals surface area contributed by atoms with E-state index in [0.717, 1.165) is 51.5 Å². The van der Waals surface area contributed by atoms with Gasteiger partial charge in [0.15, 0.2) is 11.5 Å².